The van der Waals surface area contributed by atoms with Crippen LogP contribution in [-0.2, 0) is 14.3 Å². The summed E-state index contributed by atoms with van der Waals surface area (Å²) in [5.74, 6) is 0.838. The van der Waals surface area contributed by atoms with Crippen molar-refractivity contribution in [2.24, 2.45) is 11.8 Å². The molecule has 1 aliphatic rings. The number of carbonyl (C=O) groups is 2. The van der Waals surface area contributed by atoms with E-state index in [9.17, 15) is 9.59 Å². The van der Waals surface area contributed by atoms with Crippen molar-refractivity contribution >= 4 is 11.8 Å². The van der Waals surface area contributed by atoms with Crippen molar-refractivity contribution in [1.29, 1.82) is 0 Å². The van der Waals surface area contributed by atoms with Crippen LogP contribution >= 0.6 is 0 Å². The zero-order valence-electron chi connectivity index (χ0n) is 17.5. The van der Waals surface area contributed by atoms with E-state index in [1.54, 1.807) is 0 Å². The Hall–Kier alpha value is -1.38. The first-order valence-electron chi connectivity index (χ1n) is 10.6. The van der Waals surface area contributed by atoms with Crippen LogP contribution in [0.1, 0.15) is 91.4 Å². The smallest absolute Gasteiger partial charge is 0.305 e. The Bertz CT molecular complexity index is 423. The van der Waals surface area contributed by atoms with Gasteiger partial charge in [0.25, 0.3) is 0 Å². The van der Waals surface area contributed by atoms with Gasteiger partial charge in [0.1, 0.15) is 5.78 Å². The van der Waals surface area contributed by atoms with E-state index >= 15 is 0 Å². The Morgan fingerprint density at radius 1 is 1.08 bits per heavy atom. The summed E-state index contributed by atoms with van der Waals surface area (Å²) in [5.41, 5.74) is 0. The fraction of sp³-hybridized carbons (Fsp3) is 0.739. The SMILES string of the molecule is CC.CCCCCC/C=C/[C@H]1CCC(=O)[C@@H]1C/C=C\CCCC(=O)OC. The number of Topliss-reactive ketones (excluding diaryl/α,β-unsaturated/α-hetero) is 1. The molecule has 1 aliphatic carbocycles. The normalized spacial score (nSPS) is 19.8. The van der Waals surface area contributed by atoms with Gasteiger partial charge < -0.3 is 4.74 Å². The van der Waals surface area contributed by atoms with Gasteiger partial charge in [0, 0.05) is 18.8 Å². The summed E-state index contributed by atoms with van der Waals surface area (Å²) < 4.78 is 4.62. The van der Waals surface area contributed by atoms with E-state index in [4.69, 9.17) is 0 Å². The van der Waals surface area contributed by atoms with E-state index in [1.165, 1.54) is 32.8 Å². The maximum atomic E-state index is 12.1. The summed E-state index contributed by atoms with van der Waals surface area (Å²) in [4.78, 5) is 23.1. The minimum atomic E-state index is -0.154. The molecule has 0 saturated heterocycles. The predicted octanol–water partition coefficient (Wildman–Crippen LogP) is 6.42. The molecule has 1 rings (SSSR count). The minimum Gasteiger partial charge on any atom is -0.469 e. The molecule has 26 heavy (non-hydrogen) atoms. The van der Waals surface area contributed by atoms with E-state index in [-0.39, 0.29) is 11.9 Å². The fourth-order valence-corrected chi connectivity index (χ4v) is 3.26. The molecule has 3 nitrogen and oxygen atoms in total. The molecule has 1 saturated carbocycles. The highest BCUT2D eigenvalue weighted by molar-refractivity contribution is 5.83. The summed E-state index contributed by atoms with van der Waals surface area (Å²) in [6, 6.07) is 0. The number of unbranched alkanes of at least 4 members (excludes halogenated alkanes) is 5. The first-order valence-corrected chi connectivity index (χ1v) is 10.6. The van der Waals surface area contributed by atoms with Crippen molar-refractivity contribution in [3.8, 4) is 0 Å². The lowest BCUT2D eigenvalue weighted by Crippen LogP contribution is -2.12. The molecule has 2 atom stereocenters. The Morgan fingerprint density at radius 2 is 1.81 bits per heavy atom. The van der Waals surface area contributed by atoms with Crippen molar-refractivity contribution < 1.29 is 14.3 Å². The van der Waals surface area contributed by atoms with E-state index in [1.807, 2.05) is 13.8 Å². The van der Waals surface area contributed by atoms with Crippen LogP contribution in [0, 0.1) is 11.8 Å². The van der Waals surface area contributed by atoms with Crippen LogP contribution in [0.5, 0.6) is 0 Å². The molecule has 3 heteroatoms. The van der Waals surface area contributed by atoms with Gasteiger partial charge in [-0.05, 0) is 44.4 Å². The van der Waals surface area contributed by atoms with Gasteiger partial charge in [0.2, 0.25) is 0 Å². The third-order valence-corrected chi connectivity index (χ3v) is 4.80. The second-order valence-electron chi connectivity index (χ2n) is 6.73. The summed E-state index contributed by atoms with van der Waals surface area (Å²) in [6.07, 6.45) is 19.8. The Balaban J connectivity index is 0.00000301. The molecule has 150 valence electrons. The number of rotatable bonds is 12. The molecule has 0 bridgehead atoms. The molecule has 0 aromatic rings. The average Bonchev–Trinajstić information content (AvgIpc) is 3.02. The third-order valence-electron chi connectivity index (χ3n) is 4.80. The number of esters is 1. The highest BCUT2D eigenvalue weighted by atomic mass is 16.5. The van der Waals surface area contributed by atoms with E-state index in [0.29, 0.717) is 18.1 Å². The molecular weight excluding hydrogens is 324 g/mol. The van der Waals surface area contributed by atoms with E-state index in [0.717, 1.165) is 38.5 Å². The highest BCUT2D eigenvalue weighted by Crippen LogP contribution is 2.32. The molecule has 0 heterocycles. The summed E-state index contributed by atoms with van der Waals surface area (Å²) in [5, 5.41) is 0. The second-order valence-corrected chi connectivity index (χ2v) is 6.73. The van der Waals surface area contributed by atoms with Gasteiger partial charge in [0.05, 0.1) is 7.11 Å². The molecule has 0 aromatic heterocycles. The Morgan fingerprint density at radius 3 is 2.50 bits per heavy atom. The maximum absolute atomic E-state index is 12.1. The van der Waals surface area contributed by atoms with Crippen molar-refractivity contribution in [2.75, 3.05) is 7.11 Å². The van der Waals surface area contributed by atoms with Crippen LogP contribution in [0.25, 0.3) is 0 Å². The zero-order valence-corrected chi connectivity index (χ0v) is 17.5. The van der Waals surface area contributed by atoms with Crippen molar-refractivity contribution in [3.05, 3.63) is 24.3 Å². The predicted molar refractivity (Wildman–Crippen MR) is 110 cm³/mol. The standard InChI is InChI=1S/C21H34O3.C2H6/c1-3-4-5-6-7-10-13-18-16-17-20(22)19(18)14-11-8-9-12-15-21(23)24-2;1-2/h8,10-11,13,18-19H,3-7,9,12,14-17H2,1-2H3;1-2H3/b11-8-,13-10+;/t18-,19+;/m0./s1. The van der Waals surface area contributed by atoms with Crippen LogP contribution in [0.3, 0.4) is 0 Å². The van der Waals surface area contributed by atoms with Crippen LogP contribution < -0.4 is 0 Å². The summed E-state index contributed by atoms with van der Waals surface area (Å²) >= 11 is 0. The Labute approximate surface area is 161 Å². The van der Waals surface area contributed by atoms with Gasteiger partial charge in [-0.15, -0.1) is 0 Å². The number of methoxy groups -OCH3 is 1. The largest absolute Gasteiger partial charge is 0.469 e. The average molecular weight is 365 g/mol. The quantitative estimate of drug-likeness (QED) is 0.228. The van der Waals surface area contributed by atoms with Gasteiger partial charge >= 0.3 is 5.97 Å². The number of hydrogen-bond acceptors (Lipinski definition) is 3. The van der Waals surface area contributed by atoms with Crippen LogP contribution in [-0.4, -0.2) is 18.9 Å². The number of carbonyl (C=O) groups excluding carboxylic acids is 2. The molecule has 0 N–H and O–H groups in total. The molecule has 1 fully saturated rings. The molecule has 0 aromatic carbocycles. The van der Waals surface area contributed by atoms with Gasteiger partial charge in [-0.1, -0.05) is 64.3 Å². The summed E-state index contributed by atoms with van der Waals surface area (Å²) in [7, 11) is 1.42. The molecule has 0 unspecified atom stereocenters. The van der Waals surface area contributed by atoms with E-state index < -0.39 is 0 Å². The minimum absolute atomic E-state index is 0.154. The highest BCUT2D eigenvalue weighted by Gasteiger charge is 2.31. The van der Waals surface area contributed by atoms with Crippen LogP contribution in [0.15, 0.2) is 24.3 Å². The molecule has 0 aliphatic heterocycles. The monoisotopic (exact) mass is 364 g/mol. The van der Waals surface area contributed by atoms with Crippen molar-refractivity contribution in [3.63, 3.8) is 0 Å². The van der Waals surface area contributed by atoms with Crippen LogP contribution in [0.4, 0.5) is 0 Å². The number of ketones is 1. The second kappa shape index (κ2) is 17.1. The number of allylic oxidation sites excluding steroid dienone is 4. The lowest BCUT2D eigenvalue weighted by atomic mass is 9.91. The van der Waals surface area contributed by atoms with Crippen molar-refractivity contribution in [1.82, 2.24) is 0 Å². The molecule has 0 spiro atoms. The third kappa shape index (κ3) is 11.3. The van der Waals surface area contributed by atoms with Gasteiger partial charge in [-0.3, -0.25) is 9.59 Å². The number of hydrogen-bond donors (Lipinski definition) is 0. The first kappa shape index (κ1) is 24.6. The van der Waals surface area contributed by atoms with Gasteiger partial charge in [-0.25, -0.2) is 0 Å². The van der Waals surface area contributed by atoms with Gasteiger partial charge in [0.15, 0.2) is 0 Å². The zero-order chi connectivity index (χ0) is 19.6. The lowest BCUT2D eigenvalue weighted by molar-refractivity contribution is -0.140. The first-order chi connectivity index (χ1) is 12.7. The number of ether oxygens (including phenoxy) is 1. The van der Waals surface area contributed by atoms with Crippen LogP contribution in [0.2, 0.25) is 0 Å². The maximum Gasteiger partial charge on any atom is 0.305 e. The topological polar surface area (TPSA) is 43.4 Å². The molecule has 0 amide bonds. The van der Waals surface area contributed by atoms with Crippen molar-refractivity contribution in [2.45, 2.75) is 91.4 Å². The lowest BCUT2D eigenvalue weighted by Gasteiger charge is -2.12. The fourth-order valence-electron chi connectivity index (χ4n) is 3.26. The summed E-state index contributed by atoms with van der Waals surface area (Å²) in [6.45, 7) is 6.23. The molecular formula is C23H40O3. The van der Waals surface area contributed by atoms with Gasteiger partial charge in [-0.2, -0.15) is 0 Å². The van der Waals surface area contributed by atoms with E-state index in [2.05, 4.69) is 36.0 Å². The Kier molecular flexibility index (Phi) is 16.1. The molecule has 0 radical (unpaired) electrons.